The molecule has 4 heteroatoms. The van der Waals surface area contributed by atoms with Crippen LogP contribution in [0.1, 0.15) is 33.6 Å². The molecule has 0 aliphatic rings. The predicted octanol–water partition coefficient (Wildman–Crippen LogP) is 1.36. The number of carboxylic acid groups (broad SMARTS) is 1. The number of rotatable bonds is 5. The summed E-state index contributed by atoms with van der Waals surface area (Å²) in [5.41, 5.74) is -0.466. The highest BCUT2D eigenvalue weighted by molar-refractivity contribution is 5.77. The molecular weight excluding hydrogens is 182 g/mol. The number of carbonyl (C=O) groups excluding carboxylic acids is 1. The first kappa shape index (κ1) is 12.9. The zero-order chi connectivity index (χ0) is 11.4. The maximum absolute atomic E-state index is 11.5. The summed E-state index contributed by atoms with van der Waals surface area (Å²) in [7, 11) is 1.72. The van der Waals surface area contributed by atoms with Gasteiger partial charge >= 0.3 is 5.97 Å². The van der Waals surface area contributed by atoms with Gasteiger partial charge in [-0.05, 0) is 12.3 Å². The van der Waals surface area contributed by atoms with Crippen LogP contribution in [0.4, 0.5) is 0 Å². The first-order valence-electron chi connectivity index (χ1n) is 4.74. The lowest BCUT2D eigenvalue weighted by Gasteiger charge is -2.24. The molecule has 0 aliphatic carbocycles. The van der Waals surface area contributed by atoms with Crippen molar-refractivity contribution >= 4 is 11.9 Å². The van der Waals surface area contributed by atoms with Crippen LogP contribution < -0.4 is 0 Å². The Bertz CT molecular complexity index is 223. The molecule has 0 unspecified atom stereocenters. The van der Waals surface area contributed by atoms with Gasteiger partial charge in [-0.2, -0.15) is 0 Å². The minimum absolute atomic E-state index is 0.00116. The second-order valence-electron chi connectivity index (χ2n) is 4.32. The second kappa shape index (κ2) is 4.98. The van der Waals surface area contributed by atoms with Gasteiger partial charge in [0.25, 0.3) is 0 Å². The molecule has 0 aliphatic heterocycles. The maximum Gasteiger partial charge on any atom is 0.303 e. The highest BCUT2D eigenvalue weighted by Crippen LogP contribution is 2.25. The van der Waals surface area contributed by atoms with Crippen LogP contribution >= 0.6 is 0 Å². The zero-order valence-electron chi connectivity index (χ0n) is 9.33. The Labute approximate surface area is 84.9 Å². The molecule has 0 aromatic carbocycles. The molecule has 0 fully saturated rings. The molecule has 4 nitrogen and oxygen atoms in total. The lowest BCUT2D eigenvalue weighted by atomic mass is 9.85. The van der Waals surface area contributed by atoms with E-state index in [0.29, 0.717) is 6.54 Å². The van der Waals surface area contributed by atoms with Crippen molar-refractivity contribution in [2.75, 3.05) is 13.6 Å². The standard InChI is InChI=1S/C10H19NO3/c1-5-11(4)8(12)6-10(2,3)7-9(13)14/h5-7H2,1-4H3,(H,13,14). The van der Waals surface area contributed by atoms with E-state index in [1.165, 1.54) is 0 Å². The van der Waals surface area contributed by atoms with Gasteiger partial charge in [-0.15, -0.1) is 0 Å². The molecule has 1 N–H and O–H groups in total. The Morgan fingerprint density at radius 2 is 1.79 bits per heavy atom. The number of hydrogen-bond donors (Lipinski definition) is 1. The van der Waals surface area contributed by atoms with Crippen LogP contribution in [0.25, 0.3) is 0 Å². The van der Waals surface area contributed by atoms with E-state index in [9.17, 15) is 9.59 Å². The topological polar surface area (TPSA) is 57.6 Å². The third-order valence-electron chi connectivity index (χ3n) is 2.16. The molecule has 0 radical (unpaired) electrons. The molecule has 14 heavy (non-hydrogen) atoms. The summed E-state index contributed by atoms with van der Waals surface area (Å²) < 4.78 is 0. The van der Waals surface area contributed by atoms with Crippen molar-refractivity contribution in [3.05, 3.63) is 0 Å². The third kappa shape index (κ3) is 4.84. The van der Waals surface area contributed by atoms with Crippen LogP contribution in [-0.4, -0.2) is 35.5 Å². The fourth-order valence-corrected chi connectivity index (χ4v) is 1.19. The molecule has 0 saturated carbocycles. The van der Waals surface area contributed by atoms with Crippen LogP contribution in [0.15, 0.2) is 0 Å². The van der Waals surface area contributed by atoms with Gasteiger partial charge in [0.2, 0.25) is 5.91 Å². The maximum atomic E-state index is 11.5. The van der Waals surface area contributed by atoms with Crippen molar-refractivity contribution in [1.82, 2.24) is 4.90 Å². The summed E-state index contributed by atoms with van der Waals surface area (Å²) in [6, 6.07) is 0. The number of nitrogens with zero attached hydrogens (tertiary/aromatic N) is 1. The van der Waals surface area contributed by atoms with E-state index in [-0.39, 0.29) is 18.7 Å². The molecule has 82 valence electrons. The monoisotopic (exact) mass is 201 g/mol. The van der Waals surface area contributed by atoms with Crippen molar-refractivity contribution < 1.29 is 14.7 Å². The van der Waals surface area contributed by atoms with Gasteiger partial charge in [-0.25, -0.2) is 0 Å². The van der Waals surface area contributed by atoms with Crippen LogP contribution in [0, 0.1) is 5.41 Å². The first-order valence-corrected chi connectivity index (χ1v) is 4.74. The van der Waals surface area contributed by atoms with E-state index in [1.54, 1.807) is 25.8 Å². The minimum Gasteiger partial charge on any atom is -0.481 e. The van der Waals surface area contributed by atoms with E-state index in [1.807, 2.05) is 6.92 Å². The van der Waals surface area contributed by atoms with Gasteiger partial charge in [0.1, 0.15) is 0 Å². The Hall–Kier alpha value is -1.06. The van der Waals surface area contributed by atoms with Crippen molar-refractivity contribution in [3.63, 3.8) is 0 Å². The zero-order valence-corrected chi connectivity index (χ0v) is 9.33. The van der Waals surface area contributed by atoms with Gasteiger partial charge in [-0.1, -0.05) is 13.8 Å². The largest absolute Gasteiger partial charge is 0.481 e. The molecule has 0 aromatic heterocycles. The third-order valence-corrected chi connectivity index (χ3v) is 2.16. The lowest BCUT2D eigenvalue weighted by molar-refractivity contribution is -0.140. The van der Waals surface area contributed by atoms with Crippen molar-refractivity contribution in [3.8, 4) is 0 Å². The summed E-state index contributed by atoms with van der Waals surface area (Å²) >= 11 is 0. The molecule has 1 amide bonds. The van der Waals surface area contributed by atoms with Gasteiger partial charge < -0.3 is 10.0 Å². The number of carboxylic acids is 1. The van der Waals surface area contributed by atoms with Gasteiger partial charge in [-0.3, -0.25) is 9.59 Å². The highest BCUT2D eigenvalue weighted by atomic mass is 16.4. The Morgan fingerprint density at radius 1 is 1.29 bits per heavy atom. The summed E-state index contributed by atoms with van der Waals surface area (Å²) in [5, 5.41) is 8.63. The van der Waals surface area contributed by atoms with Crippen molar-refractivity contribution in [2.45, 2.75) is 33.6 Å². The van der Waals surface area contributed by atoms with E-state index in [2.05, 4.69) is 0 Å². The normalized spacial score (nSPS) is 11.1. The predicted molar refractivity (Wildman–Crippen MR) is 54.0 cm³/mol. The Balaban J connectivity index is 4.21. The lowest BCUT2D eigenvalue weighted by Crippen LogP contribution is -2.31. The average molecular weight is 201 g/mol. The van der Waals surface area contributed by atoms with E-state index >= 15 is 0 Å². The van der Waals surface area contributed by atoms with E-state index in [0.717, 1.165) is 0 Å². The fraction of sp³-hybridized carbons (Fsp3) is 0.800. The smallest absolute Gasteiger partial charge is 0.303 e. The number of amides is 1. The fourth-order valence-electron chi connectivity index (χ4n) is 1.19. The molecule has 0 atom stereocenters. The SMILES string of the molecule is CCN(C)C(=O)CC(C)(C)CC(=O)O. The average Bonchev–Trinajstić information content (AvgIpc) is 1.99. The summed E-state index contributed by atoms with van der Waals surface area (Å²) in [5.74, 6) is -0.860. The van der Waals surface area contributed by atoms with Gasteiger partial charge in [0.05, 0.1) is 6.42 Å². The number of aliphatic carboxylic acids is 1. The van der Waals surface area contributed by atoms with Crippen LogP contribution in [-0.2, 0) is 9.59 Å². The molecule has 0 aromatic rings. The van der Waals surface area contributed by atoms with Crippen molar-refractivity contribution in [1.29, 1.82) is 0 Å². The van der Waals surface area contributed by atoms with Crippen molar-refractivity contribution in [2.24, 2.45) is 5.41 Å². The molecule has 0 spiro atoms. The van der Waals surface area contributed by atoms with Gasteiger partial charge in [0, 0.05) is 20.0 Å². The van der Waals surface area contributed by atoms with Crippen LogP contribution in [0.5, 0.6) is 0 Å². The second-order valence-corrected chi connectivity index (χ2v) is 4.32. The Morgan fingerprint density at radius 3 is 2.14 bits per heavy atom. The van der Waals surface area contributed by atoms with Crippen LogP contribution in [0.3, 0.4) is 0 Å². The van der Waals surface area contributed by atoms with Crippen LogP contribution in [0.2, 0.25) is 0 Å². The van der Waals surface area contributed by atoms with Gasteiger partial charge in [0.15, 0.2) is 0 Å². The number of carbonyl (C=O) groups is 2. The molecular formula is C10H19NO3. The Kier molecular flexibility index (Phi) is 4.60. The quantitative estimate of drug-likeness (QED) is 0.730. The highest BCUT2D eigenvalue weighted by Gasteiger charge is 2.26. The molecule has 0 heterocycles. The van der Waals surface area contributed by atoms with E-state index in [4.69, 9.17) is 5.11 Å². The molecule has 0 bridgehead atoms. The molecule has 0 rings (SSSR count). The summed E-state index contributed by atoms with van der Waals surface area (Å²) in [4.78, 5) is 23.6. The summed E-state index contributed by atoms with van der Waals surface area (Å²) in [6.07, 6.45) is 0.305. The molecule has 0 saturated heterocycles. The summed E-state index contributed by atoms with van der Waals surface area (Å²) in [6.45, 7) is 6.13. The van der Waals surface area contributed by atoms with E-state index < -0.39 is 11.4 Å². The number of hydrogen-bond acceptors (Lipinski definition) is 2. The first-order chi connectivity index (χ1) is 6.28. The minimum atomic E-state index is -0.859.